The van der Waals surface area contributed by atoms with Crippen LogP contribution in [0.25, 0.3) is 0 Å². The molecule has 0 aliphatic rings. The number of halogens is 4. The Balaban J connectivity index is 1.89. The molecule has 0 bridgehead atoms. The third-order valence-electron chi connectivity index (χ3n) is 3.52. The van der Waals surface area contributed by atoms with Crippen LogP contribution in [0.15, 0.2) is 36.4 Å². The molecule has 0 unspecified atom stereocenters. The number of carbonyl (C=O) groups excluding carboxylic acids is 2. The van der Waals surface area contributed by atoms with E-state index in [1.54, 1.807) is 6.07 Å². The molecule has 2 aromatic rings. The molecule has 150 valence electrons. The minimum Gasteiger partial charge on any atom is -0.493 e. The lowest BCUT2D eigenvalue weighted by Gasteiger charge is -2.12. The fourth-order valence-electron chi connectivity index (χ4n) is 2.21. The molecule has 0 heterocycles. The van der Waals surface area contributed by atoms with E-state index in [2.05, 4.69) is 15.4 Å². The topological polar surface area (TPSA) is 76.7 Å². The number of carbonyl (C=O) groups is 2. The molecule has 0 aromatic heterocycles. The molecule has 0 aliphatic heterocycles. The van der Waals surface area contributed by atoms with Crippen molar-refractivity contribution in [1.82, 2.24) is 10.6 Å². The van der Waals surface area contributed by atoms with Crippen LogP contribution in [0.4, 0.5) is 8.78 Å². The Labute approximate surface area is 169 Å². The molecule has 2 N–H and O–H groups in total. The zero-order valence-electron chi connectivity index (χ0n) is 14.6. The van der Waals surface area contributed by atoms with Gasteiger partial charge in [0.2, 0.25) is 5.91 Å². The highest BCUT2D eigenvalue weighted by Gasteiger charge is 2.13. The summed E-state index contributed by atoms with van der Waals surface area (Å²) in [5.41, 5.74) is 0.694. The molecule has 0 atom stereocenters. The van der Waals surface area contributed by atoms with Crippen molar-refractivity contribution in [2.75, 3.05) is 13.7 Å². The van der Waals surface area contributed by atoms with E-state index in [9.17, 15) is 18.4 Å². The summed E-state index contributed by atoms with van der Waals surface area (Å²) in [6, 6.07) is 8.73. The first-order valence-corrected chi connectivity index (χ1v) is 8.67. The van der Waals surface area contributed by atoms with Gasteiger partial charge in [-0.2, -0.15) is 8.78 Å². The molecule has 0 fully saturated rings. The number of alkyl halides is 2. The zero-order chi connectivity index (χ0) is 20.7. The van der Waals surface area contributed by atoms with Gasteiger partial charge in [-0.15, -0.1) is 0 Å². The summed E-state index contributed by atoms with van der Waals surface area (Å²) in [7, 11) is 1.32. The first kappa shape index (κ1) is 21.7. The number of rotatable bonds is 8. The minimum absolute atomic E-state index is 0.0417. The summed E-state index contributed by atoms with van der Waals surface area (Å²) in [4.78, 5) is 24.0. The van der Waals surface area contributed by atoms with Crippen molar-refractivity contribution in [1.29, 1.82) is 0 Å². The van der Waals surface area contributed by atoms with Gasteiger partial charge < -0.3 is 20.1 Å². The van der Waals surface area contributed by atoms with Gasteiger partial charge in [0.05, 0.1) is 24.2 Å². The summed E-state index contributed by atoms with van der Waals surface area (Å²) >= 11 is 11.7. The Kier molecular flexibility index (Phi) is 7.83. The number of ether oxygens (including phenoxy) is 2. The SMILES string of the molecule is COc1ccc(CNC(=O)CNC(=O)c2ccc(Cl)cc2Cl)cc1OC(F)F. The molecule has 2 amide bonds. The van der Waals surface area contributed by atoms with Gasteiger partial charge >= 0.3 is 6.61 Å². The number of methoxy groups -OCH3 is 1. The van der Waals surface area contributed by atoms with Crippen molar-refractivity contribution in [2.24, 2.45) is 0 Å². The maximum Gasteiger partial charge on any atom is 0.387 e. The number of nitrogens with one attached hydrogen (secondary N) is 2. The van der Waals surface area contributed by atoms with Crippen LogP contribution in [0.2, 0.25) is 10.0 Å². The quantitative estimate of drug-likeness (QED) is 0.667. The van der Waals surface area contributed by atoms with Crippen molar-refractivity contribution in [2.45, 2.75) is 13.2 Å². The van der Waals surface area contributed by atoms with Crippen LogP contribution < -0.4 is 20.1 Å². The summed E-state index contributed by atoms with van der Waals surface area (Å²) in [6.07, 6.45) is 0. The Morgan fingerprint density at radius 1 is 1.07 bits per heavy atom. The molecular formula is C18H16Cl2F2N2O4. The summed E-state index contributed by atoms with van der Waals surface area (Å²) in [5.74, 6) is -1.02. The van der Waals surface area contributed by atoms with E-state index in [1.165, 1.54) is 37.4 Å². The van der Waals surface area contributed by atoms with Gasteiger partial charge in [0, 0.05) is 11.6 Å². The van der Waals surface area contributed by atoms with E-state index >= 15 is 0 Å². The molecule has 28 heavy (non-hydrogen) atoms. The zero-order valence-corrected chi connectivity index (χ0v) is 16.1. The van der Waals surface area contributed by atoms with Crippen LogP contribution in [-0.4, -0.2) is 32.1 Å². The second-order valence-corrected chi connectivity index (χ2v) is 6.29. The van der Waals surface area contributed by atoms with E-state index in [4.69, 9.17) is 27.9 Å². The van der Waals surface area contributed by atoms with Crippen molar-refractivity contribution in [3.63, 3.8) is 0 Å². The van der Waals surface area contributed by atoms with Crippen molar-refractivity contribution < 1.29 is 27.8 Å². The molecule has 10 heteroatoms. The van der Waals surface area contributed by atoms with Crippen molar-refractivity contribution in [3.8, 4) is 11.5 Å². The molecular weight excluding hydrogens is 417 g/mol. The van der Waals surface area contributed by atoms with Crippen LogP contribution in [0.1, 0.15) is 15.9 Å². The maximum atomic E-state index is 12.4. The van der Waals surface area contributed by atoms with Crippen LogP contribution in [0.5, 0.6) is 11.5 Å². The second-order valence-electron chi connectivity index (χ2n) is 5.45. The Morgan fingerprint density at radius 3 is 2.46 bits per heavy atom. The average Bonchev–Trinajstić information content (AvgIpc) is 2.64. The number of benzene rings is 2. The molecule has 2 rings (SSSR count). The summed E-state index contributed by atoms with van der Waals surface area (Å²) in [6.45, 7) is -3.26. The first-order valence-electron chi connectivity index (χ1n) is 7.92. The Hall–Kier alpha value is -2.58. The van der Waals surface area contributed by atoms with Crippen LogP contribution >= 0.6 is 23.2 Å². The first-order chi connectivity index (χ1) is 13.3. The lowest BCUT2D eigenvalue weighted by Crippen LogP contribution is -2.36. The highest BCUT2D eigenvalue weighted by atomic mass is 35.5. The molecule has 0 saturated carbocycles. The van der Waals surface area contributed by atoms with Crippen molar-refractivity contribution in [3.05, 3.63) is 57.6 Å². The fourth-order valence-corrected chi connectivity index (χ4v) is 2.71. The maximum absolute atomic E-state index is 12.4. The van der Waals surface area contributed by atoms with Gasteiger partial charge in [0.25, 0.3) is 5.91 Å². The lowest BCUT2D eigenvalue weighted by molar-refractivity contribution is -0.120. The minimum atomic E-state index is -3.01. The van der Waals surface area contributed by atoms with E-state index in [0.29, 0.717) is 10.6 Å². The van der Waals surface area contributed by atoms with E-state index in [1.807, 2.05) is 0 Å². The average molecular weight is 433 g/mol. The molecule has 0 radical (unpaired) electrons. The summed E-state index contributed by atoms with van der Waals surface area (Å²) in [5, 5.41) is 5.53. The molecule has 0 saturated heterocycles. The third-order valence-corrected chi connectivity index (χ3v) is 4.07. The number of hydrogen-bond acceptors (Lipinski definition) is 4. The van der Waals surface area contributed by atoms with Crippen LogP contribution in [0, 0.1) is 0 Å². The Bertz CT molecular complexity index is 865. The highest BCUT2D eigenvalue weighted by Crippen LogP contribution is 2.29. The van der Waals surface area contributed by atoms with Crippen molar-refractivity contribution >= 4 is 35.0 Å². The molecule has 0 aliphatic carbocycles. The number of amides is 2. The monoisotopic (exact) mass is 432 g/mol. The highest BCUT2D eigenvalue weighted by molar-refractivity contribution is 6.36. The van der Waals surface area contributed by atoms with Gasteiger partial charge in [-0.3, -0.25) is 9.59 Å². The lowest BCUT2D eigenvalue weighted by atomic mass is 10.2. The van der Waals surface area contributed by atoms with Gasteiger partial charge in [-0.25, -0.2) is 0 Å². The van der Waals surface area contributed by atoms with Crippen LogP contribution in [-0.2, 0) is 11.3 Å². The summed E-state index contributed by atoms with van der Waals surface area (Å²) < 4.78 is 34.2. The van der Waals surface area contributed by atoms with Gasteiger partial charge in [-0.1, -0.05) is 29.3 Å². The fraction of sp³-hybridized carbons (Fsp3) is 0.222. The molecule has 6 nitrogen and oxygen atoms in total. The predicted molar refractivity (Wildman–Crippen MR) is 100 cm³/mol. The van der Waals surface area contributed by atoms with Gasteiger partial charge in [0.1, 0.15) is 0 Å². The smallest absolute Gasteiger partial charge is 0.387 e. The number of hydrogen-bond donors (Lipinski definition) is 2. The third kappa shape index (κ3) is 6.24. The van der Waals surface area contributed by atoms with E-state index < -0.39 is 18.4 Å². The second kappa shape index (κ2) is 10.1. The van der Waals surface area contributed by atoms with Gasteiger partial charge in [-0.05, 0) is 35.9 Å². The molecule has 2 aromatic carbocycles. The van der Waals surface area contributed by atoms with Gasteiger partial charge in [0.15, 0.2) is 11.5 Å². The molecule has 0 spiro atoms. The normalized spacial score (nSPS) is 10.5. The predicted octanol–water partition coefficient (Wildman–Crippen LogP) is 3.65. The largest absolute Gasteiger partial charge is 0.493 e. The van der Waals surface area contributed by atoms with Crippen LogP contribution in [0.3, 0.4) is 0 Å². The van der Waals surface area contributed by atoms with E-state index in [0.717, 1.165) is 0 Å². The standard InChI is InChI=1S/C18H16Cl2F2N2O4/c1-27-14-5-2-10(6-15(14)28-18(21)22)8-23-16(25)9-24-17(26)12-4-3-11(19)7-13(12)20/h2-7,18H,8-9H2,1H3,(H,23,25)(H,24,26). The Morgan fingerprint density at radius 2 is 1.82 bits per heavy atom. The van der Waals surface area contributed by atoms with E-state index in [-0.39, 0.29) is 35.2 Å².